The Hall–Kier alpha value is -3.12. The number of para-hydroxylation sites is 1. The minimum Gasteiger partial charge on any atom is -0.410 e. The number of hydrogen-bond acceptors (Lipinski definition) is 4. The highest BCUT2D eigenvalue weighted by Crippen LogP contribution is 2.40. The zero-order valence-corrected chi connectivity index (χ0v) is 15.5. The average molecular weight is 363 g/mol. The number of ether oxygens (including phenoxy) is 2. The topological polar surface area (TPSA) is 65.4 Å². The van der Waals surface area contributed by atoms with Crippen LogP contribution in [0.15, 0.2) is 54.6 Å². The molecule has 0 unspecified atom stereocenters. The first-order chi connectivity index (χ1) is 12.9. The molecule has 2 aromatic carbocycles. The van der Waals surface area contributed by atoms with Gasteiger partial charge in [0, 0.05) is 5.56 Å². The molecule has 138 valence electrons. The second kappa shape index (κ2) is 6.55. The quantitative estimate of drug-likeness (QED) is 0.741. The van der Waals surface area contributed by atoms with Gasteiger partial charge in [0.2, 0.25) is 0 Å². The summed E-state index contributed by atoms with van der Waals surface area (Å²) in [7, 11) is 0. The van der Waals surface area contributed by atoms with Crippen LogP contribution in [-0.4, -0.2) is 15.9 Å². The van der Waals surface area contributed by atoms with E-state index in [1.807, 2.05) is 63.2 Å². The van der Waals surface area contributed by atoms with Gasteiger partial charge in [-0.15, -0.1) is 0 Å². The molecule has 0 spiro atoms. The summed E-state index contributed by atoms with van der Waals surface area (Å²) < 4.78 is 12.9. The van der Waals surface area contributed by atoms with Gasteiger partial charge in [0.1, 0.15) is 22.9 Å². The molecule has 0 saturated carbocycles. The van der Waals surface area contributed by atoms with E-state index in [9.17, 15) is 4.79 Å². The van der Waals surface area contributed by atoms with Gasteiger partial charge in [-0.25, -0.2) is 9.48 Å². The van der Waals surface area contributed by atoms with Crippen LogP contribution in [0.3, 0.4) is 0 Å². The fourth-order valence-corrected chi connectivity index (χ4v) is 3.11. The fourth-order valence-electron chi connectivity index (χ4n) is 3.11. The highest BCUT2D eigenvalue weighted by atomic mass is 16.6. The molecule has 0 radical (unpaired) electrons. The Kier molecular flexibility index (Phi) is 4.20. The van der Waals surface area contributed by atoms with Crippen LogP contribution in [-0.2, 0) is 16.9 Å². The number of carbonyl (C=O) groups excluding carboxylic acids is 1. The molecule has 1 amide bonds. The van der Waals surface area contributed by atoms with Crippen molar-refractivity contribution in [1.29, 1.82) is 0 Å². The number of hydrogen-bond donors (Lipinski definition) is 1. The highest BCUT2D eigenvalue weighted by Gasteiger charge is 2.38. The maximum Gasteiger partial charge on any atom is 0.418 e. The van der Waals surface area contributed by atoms with Gasteiger partial charge in [0.25, 0.3) is 0 Å². The SMILES string of the molecule is Cc1ccc(-n2nc3c(c2NC(=O)Oc2ccccc2)COC3(C)C)cc1. The van der Waals surface area contributed by atoms with Crippen LogP contribution < -0.4 is 10.1 Å². The molecular weight excluding hydrogens is 342 g/mol. The molecule has 0 bridgehead atoms. The summed E-state index contributed by atoms with van der Waals surface area (Å²) in [5, 5.41) is 7.57. The van der Waals surface area contributed by atoms with Crippen LogP contribution in [0, 0.1) is 6.92 Å². The summed E-state index contributed by atoms with van der Waals surface area (Å²) in [5.41, 5.74) is 3.19. The lowest BCUT2D eigenvalue weighted by Gasteiger charge is -2.16. The highest BCUT2D eigenvalue weighted by molar-refractivity contribution is 5.87. The lowest BCUT2D eigenvalue weighted by atomic mass is 10.0. The van der Waals surface area contributed by atoms with Crippen LogP contribution in [0.1, 0.15) is 30.7 Å². The zero-order chi connectivity index (χ0) is 19.0. The van der Waals surface area contributed by atoms with Crippen LogP contribution in [0.5, 0.6) is 5.75 Å². The Bertz CT molecular complexity index is 976. The summed E-state index contributed by atoms with van der Waals surface area (Å²) in [6.07, 6.45) is -0.568. The van der Waals surface area contributed by atoms with Gasteiger partial charge < -0.3 is 9.47 Å². The van der Waals surface area contributed by atoms with Gasteiger partial charge in [-0.1, -0.05) is 35.9 Å². The Morgan fingerprint density at radius 1 is 1.15 bits per heavy atom. The van der Waals surface area contributed by atoms with E-state index in [-0.39, 0.29) is 0 Å². The molecule has 2 heterocycles. The minimum atomic E-state index is -0.568. The fraction of sp³-hybridized carbons (Fsp3) is 0.238. The molecule has 0 atom stereocenters. The molecule has 27 heavy (non-hydrogen) atoms. The zero-order valence-electron chi connectivity index (χ0n) is 15.5. The van der Waals surface area contributed by atoms with Crippen LogP contribution in [0.4, 0.5) is 10.6 Å². The average Bonchev–Trinajstić information content (AvgIpc) is 3.14. The Balaban J connectivity index is 1.70. The molecule has 1 aliphatic heterocycles. The number of nitrogens with zero attached hydrogens (tertiary/aromatic N) is 2. The number of aromatic nitrogens is 2. The van der Waals surface area contributed by atoms with Crippen molar-refractivity contribution in [2.75, 3.05) is 5.32 Å². The van der Waals surface area contributed by atoms with E-state index >= 15 is 0 Å². The van der Waals surface area contributed by atoms with Crippen LogP contribution in [0.2, 0.25) is 0 Å². The van der Waals surface area contributed by atoms with Gasteiger partial charge in [-0.2, -0.15) is 5.10 Å². The van der Waals surface area contributed by atoms with E-state index in [1.54, 1.807) is 16.8 Å². The van der Waals surface area contributed by atoms with Crippen LogP contribution >= 0.6 is 0 Å². The maximum atomic E-state index is 12.5. The van der Waals surface area contributed by atoms with Gasteiger partial charge >= 0.3 is 6.09 Å². The Labute approximate surface area is 157 Å². The predicted octanol–water partition coefficient (Wildman–Crippen LogP) is 4.56. The van der Waals surface area contributed by atoms with Crippen LogP contribution in [0.25, 0.3) is 5.69 Å². The number of nitrogens with one attached hydrogen (secondary N) is 1. The van der Waals surface area contributed by atoms with Crippen molar-refractivity contribution in [3.05, 3.63) is 71.4 Å². The Morgan fingerprint density at radius 3 is 2.56 bits per heavy atom. The van der Waals surface area contributed by atoms with Crippen molar-refractivity contribution in [2.24, 2.45) is 0 Å². The summed E-state index contributed by atoms with van der Waals surface area (Å²) in [5.74, 6) is 1.05. The standard InChI is InChI=1S/C21H21N3O3/c1-14-9-11-15(12-10-14)24-19(17-13-26-21(2,3)18(17)23-24)22-20(25)27-16-7-5-4-6-8-16/h4-12H,13H2,1-3H3,(H,22,25). The Morgan fingerprint density at radius 2 is 1.85 bits per heavy atom. The second-order valence-corrected chi connectivity index (χ2v) is 7.05. The summed E-state index contributed by atoms with van der Waals surface area (Å²) in [6, 6.07) is 16.9. The molecule has 0 aliphatic carbocycles. The molecule has 6 heteroatoms. The van der Waals surface area contributed by atoms with E-state index in [2.05, 4.69) is 5.32 Å². The molecular formula is C21H21N3O3. The monoisotopic (exact) mass is 363 g/mol. The lowest BCUT2D eigenvalue weighted by molar-refractivity contribution is -0.0114. The number of anilines is 1. The van der Waals surface area contributed by atoms with E-state index in [0.717, 1.165) is 22.5 Å². The van der Waals surface area contributed by atoms with E-state index in [4.69, 9.17) is 14.6 Å². The van der Waals surface area contributed by atoms with Crippen molar-refractivity contribution in [3.63, 3.8) is 0 Å². The van der Waals surface area contributed by atoms with E-state index in [1.165, 1.54) is 0 Å². The van der Waals surface area contributed by atoms with Gasteiger partial charge in [-0.05, 0) is 45.0 Å². The van der Waals surface area contributed by atoms with Crippen molar-refractivity contribution >= 4 is 11.9 Å². The third-order valence-electron chi connectivity index (χ3n) is 4.58. The largest absolute Gasteiger partial charge is 0.418 e. The van der Waals surface area contributed by atoms with Gasteiger partial charge in [0.15, 0.2) is 0 Å². The molecule has 0 saturated heterocycles. The third kappa shape index (κ3) is 3.31. The summed E-state index contributed by atoms with van der Waals surface area (Å²) in [6.45, 7) is 6.35. The summed E-state index contributed by atoms with van der Waals surface area (Å²) >= 11 is 0. The minimum absolute atomic E-state index is 0.384. The number of amides is 1. The van der Waals surface area contributed by atoms with Crippen molar-refractivity contribution in [2.45, 2.75) is 33.0 Å². The number of fused-ring (bicyclic) bond motifs is 1. The molecule has 4 rings (SSSR count). The first kappa shape index (κ1) is 17.3. The first-order valence-corrected chi connectivity index (χ1v) is 8.81. The molecule has 1 aliphatic rings. The van der Waals surface area contributed by atoms with Gasteiger partial charge in [-0.3, -0.25) is 5.32 Å². The third-order valence-corrected chi connectivity index (χ3v) is 4.58. The first-order valence-electron chi connectivity index (χ1n) is 8.81. The van der Waals surface area contributed by atoms with Crippen molar-refractivity contribution < 1.29 is 14.3 Å². The maximum absolute atomic E-state index is 12.5. The number of aryl methyl sites for hydroxylation is 1. The van der Waals surface area contributed by atoms with E-state index < -0.39 is 11.7 Å². The van der Waals surface area contributed by atoms with Crippen molar-refractivity contribution in [3.8, 4) is 11.4 Å². The smallest absolute Gasteiger partial charge is 0.410 e. The normalized spacial score (nSPS) is 14.6. The summed E-state index contributed by atoms with van der Waals surface area (Å²) in [4.78, 5) is 12.5. The van der Waals surface area contributed by atoms with Crippen molar-refractivity contribution in [1.82, 2.24) is 9.78 Å². The lowest BCUT2D eigenvalue weighted by Crippen LogP contribution is -2.20. The van der Waals surface area contributed by atoms with Gasteiger partial charge in [0.05, 0.1) is 12.3 Å². The van der Waals surface area contributed by atoms with E-state index in [0.29, 0.717) is 18.2 Å². The molecule has 3 aromatic rings. The second-order valence-electron chi connectivity index (χ2n) is 7.05. The molecule has 1 aromatic heterocycles. The number of benzene rings is 2. The molecule has 0 fully saturated rings. The number of carbonyl (C=O) groups is 1. The predicted molar refractivity (Wildman–Crippen MR) is 102 cm³/mol. The number of rotatable bonds is 3. The molecule has 6 nitrogen and oxygen atoms in total. The molecule has 1 N–H and O–H groups in total.